The van der Waals surface area contributed by atoms with E-state index in [0.717, 1.165) is 38.5 Å². The molecule has 0 saturated heterocycles. The van der Waals surface area contributed by atoms with E-state index in [4.69, 9.17) is 24.1 Å². The Kier molecular flexibility index (Phi) is 18.6. The number of aliphatic hydroxyl groups is 1. The molecule has 1 fully saturated rings. The summed E-state index contributed by atoms with van der Waals surface area (Å²) < 4.78 is 24.5. The van der Waals surface area contributed by atoms with Crippen LogP contribution in [-0.4, -0.2) is 60.3 Å². The van der Waals surface area contributed by atoms with Gasteiger partial charge in [-0.2, -0.15) is 0 Å². The zero-order valence-electron chi connectivity index (χ0n) is 26.4. The maximum atomic E-state index is 11.1. The van der Waals surface area contributed by atoms with E-state index in [1.165, 1.54) is 5.56 Å². The average Bonchev–Trinajstić information content (AvgIpc) is 3.25. The van der Waals surface area contributed by atoms with Crippen LogP contribution in [-0.2, 0) is 30.2 Å². The summed E-state index contributed by atoms with van der Waals surface area (Å²) in [6, 6.07) is 10.4. The van der Waals surface area contributed by atoms with Gasteiger partial charge in [-0.05, 0) is 70.3 Å². The van der Waals surface area contributed by atoms with Gasteiger partial charge in [0, 0.05) is 32.0 Å². The third-order valence-corrected chi connectivity index (χ3v) is 7.77. The van der Waals surface area contributed by atoms with E-state index in [1.54, 1.807) is 0 Å². The minimum Gasteiger partial charge on any atom is -0.481 e. The number of rotatable bonds is 23. The van der Waals surface area contributed by atoms with E-state index in [1.807, 2.05) is 26.0 Å². The summed E-state index contributed by atoms with van der Waals surface area (Å²) in [5.74, 6) is -0.804. The SMILES string of the molecule is CCCCOC(C)OC1CC(O)C(C/C=C\CCCC(=O)O)C1/C=C/[C@H](CCc1ccccc1)OC(C)OCCCC. The zero-order chi connectivity index (χ0) is 30.6. The highest BCUT2D eigenvalue weighted by atomic mass is 16.7. The number of carboxylic acids is 1. The van der Waals surface area contributed by atoms with Crippen molar-refractivity contribution in [3.8, 4) is 0 Å². The number of carbonyl (C=O) groups is 1. The summed E-state index contributed by atoms with van der Waals surface area (Å²) in [5.41, 5.74) is 1.26. The Bertz CT molecular complexity index is 887. The molecule has 1 aromatic rings. The standard InChI is InChI=1S/C35H56O7/c1-5-7-24-39-27(3)41-30(21-20-29-16-12-11-13-17-29)22-23-32-31(18-14-9-10-15-19-35(37)38)33(36)26-34(32)42-28(4)40-25-8-6-2/h9,11-14,16-17,22-23,27-28,30-34,36H,5-8,10,15,18-21,24-26H2,1-4H3,(H,37,38)/b14-9-,23-22+/t27?,28?,30-,31?,32?,33?,34?/m0/s1. The van der Waals surface area contributed by atoms with Crippen LogP contribution in [0.4, 0.5) is 0 Å². The van der Waals surface area contributed by atoms with Crippen molar-refractivity contribution in [3.05, 3.63) is 60.2 Å². The van der Waals surface area contributed by atoms with Crippen molar-refractivity contribution >= 4 is 5.97 Å². The lowest BCUT2D eigenvalue weighted by Gasteiger charge is -2.26. The minimum absolute atomic E-state index is 0.0139. The molecule has 0 aromatic heterocycles. The van der Waals surface area contributed by atoms with Crippen LogP contribution in [0.15, 0.2) is 54.6 Å². The fraction of sp³-hybridized carbons (Fsp3) is 0.686. The summed E-state index contributed by atoms with van der Waals surface area (Å²) >= 11 is 0. The first-order valence-corrected chi connectivity index (χ1v) is 16.1. The molecule has 2 rings (SSSR count). The van der Waals surface area contributed by atoms with Crippen molar-refractivity contribution < 1.29 is 34.0 Å². The topological polar surface area (TPSA) is 94.5 Å². The molecule has 0 amide bonds. The van der Waals surface area contributed by atoms with Gasteiger partial charge in [0.25, 0.3) is 0 Å². The van der Waals surface area contributed by atoms with Gasteiger partial charge < -0.3 is 29.2 Å². The highest BCUT2D eigenvalue weighted by molar-refractivity contribution is 5.66. The van der Waals surface area contributed by atoms with E-state index < -0.39 is 12.1 Å². The van der Waals surface area contributed by atoms with Gasteiger partial charge in [0.2, 0.25) is 0 Å². The van der Waals surface area contributed by atoms with Crippen molar-refractivity contribution in [3.63, 3.8) is 0 Å². The molecular weight excluding hydrogens is 532 g/mol. The molecule has 6 unspecified atom stereocenters. The van der Waals surface area contributed by atoms with E-state index in [0.29, 0.717) is 38.9 Å². The quantitative estimate of drug-likeness (QED) is 0.0778. The van der Waals surface area contributed by atoms with E-state index >= 15 is 0 Å². The third-order valence-electron chi connectivity index (χ3n) is 7.77. The first kappa shape index (κ1) is 36.2. The molecule has 7 heteroatoms. The number of unbranched alkanes of at least 4 members (excludes halogenated alkanes) is 3. The zero-order valence-corrected chi connectivity index (χ0v) is 26.4. The molecule has 0 heterocycles. The van der Waals surface area contributed by atoms with Crippen molar-refractivity contribution in [2.75, 3.05) is 13.2 Å². The second-order valence-corrected chi connectivity index (χ2v) is 11.4. The predicted octanol–water partition coefficient (Wildman–Crippen LogP) is 7.47. The van der Waals surface area contributed by atoms with Gasteiger partial charge in [0.1, 0.15) is 0 Å². The monoisotopic (exact) mass is 588 g/mol. The Balaban J connectivity index is 2.16. The van der Waals surface area contributed by atoms with Crippen molar-refractivity contribution in [1.82, 2.24) is 0 Å². The lowest BCUT2D eigenvalue weighted by atomic mass is 9.89. The van der Waals surface area contributed by atoms with E-state index in [2.05, 4.69) is 56.3 Å². The van der Waals surface area contributed by atoms with Gasteiger partial charge in [-0.15, -0.1) is 0 Å². The number of hydrogen-bond donors (Lipinski definition) is 2. The highest BCUT2D eigenvalue weighted by Crippen LogP contribution is 2.39. The number of ether oxygens (including phenoxy) is 4. The molecule has 7 nitrogen and oxygen atoms in total. The number of aliphatic hydroxyl groups excluding tert-OH is 1. The molecule has 1 aromatic carbocycles. The fourth-order valence-corrected chi connectivity index (χ4v) is 5.35. The summed E-state index contributed by atoms with van der Waals surface area (Å²) in [6.45, 7) is 9.49. The van der Waals surface area contributed by atoms with Crippen LogP contribution in [0.5, 0.6) is 0 Å². The van der Waals surface area contributed by atoms with Gasteiger partial charge in [0.15, 0.2) is 12.6 Å². The third kappa shape index (κ3) is 14.9. The Morgan fingerprint density at radius 3 is 2.36 bits per heavy atom. The van der Waals surface area contributed by atoms with Crippen molar-refractivity contribution in [1.29, 1.82) is 0 Å². The normalized spacial score (nSPS) is 23.1. The molecule has 1 saturated carbocycles. The largest absolute Gasteiger partial charge is 0.481 e. The average molecular weight is 589 g/mol. The Labute approximate surface area is 254 Å². The molecular formula is C35H56O7. The molecule has 7 atom stereocenters. The molecule has 0 spiro atoms. The Hall–Kier alpha value is -2.03. The molecule has 42 heavy (non-hydrogen) atoms. The Morgan fingerprint density at radius 1 is 1.00 bits per heavy atom. The van der Waals surface area contributed by atoms with Crippen LogP contribution in [0.2, 0.25) is 0 Å². The lowest BCUT2D eigenvalue weighted by Crippen LogP contribution is -2.28. The first-order chi connectivity index (χ1) is 20.3. The summed E-state index contributed by atoms with van der Waals surface area (Å²) in [6.07, 6.45) is 15.5. The molecule has 2 N–H and O–H groups in total. The van der Waals surface area contributed by atoms with Crippen LogP contribution in [0.25, 0.3) is 0 Å². The molecule has 1 aliphatic carbocycles. The number of hydrogen-bond acceptors (Lipinski definition) is 6. The molecule has 0 aliphatic heterocycles. The van der Waals surface area contributed by atoms with Crippen molar-refractivity contribution in [2.45, 2.75) is 129 Å². The number of aliphatic carboxylic acids is 1. The number of benzene rings is 1. The highest BCUT2D eigenvalue weighted by Gasteiger charge is 2.42. The molecule has 238 valence electrons. The van der Waals surface area contributed by atoms with Crippen LogP contribution in [0.1, 0.15) is 97.5 Å². The van der Waals surface area contributed by atoms with Crippen LogP contribution < -0.4 is 0 Å². The smallest absolute Gasteiger partial charge is 0.303 e. The van der Waals surface area contributed by atoms with Crippen LogP contribution in [0, 0.1) is 11.8 Å². The van der Waals surface area contributed by atoms with Crippen LogP contribution >= 0.6 is 0 Å². The van der Waals surface area contributed by atoms with Crippen molar-refractivity contribution in [2.24, 2.45) is 11.8 Å². The van der Waals surface area contributed by atoms with Gasteiger partial charge in [-0.1, -0.05) is 81.3 Å². The van der Waals surface area contributed by atoms with Gasteiger partial charge in [-0.25, -0.2) is 0 Å². The summed E-state index contributed by atoms with van der Waals surface area (Å²) in [7, 11) is 0. The molecule has 0 bridgehead atoms. The van der Waals surface area contributed by atoms with Gasteiger partial charge >= 0.3 is 5.97 Å². The fourth-order valence-electron chi connectivity index (χ4n) is 5.35. The predicted molar refractivity (Wildman–Crippen MR) is 167 cm³/mol. The number of aryl methyl sites for hydroxylation is 1. The maximum Gasteiger partial charge on any atom is 0.303 e. The Morgan fingerprint density at radius 2 is 1.69 bits per heavy atom. The number of allylic oxidation sites excluding steroid dienone is 2. The van der Waals surface area contributed by atoms with E-state index in [-0.39, 0.29) is 43.0 Å². The second-order valence-electron chi connectivity index (χ2n) is 11.4. The number of carboxylic acid groups (broad SMARTS) is 1. The molecule has 1 aliphatic rings. The lowest BCUT2D eigenvalue weighted by molar-refractivity contribution is -0.166. The van der Waals surface area contributed by atoms with Crippen LogP contribution in [0.3, 0.4) is 0 Å². The van der Waals surface area contributed by atoms with Gasteiger partial charge in [0.05, 0.1) is 18.3 Å². The maximum absolute atomic E-state index is 11.1. The summed E-state index contributed by atoms with van der Waals surface area (Å²) in [5, 5.41) is 20.0. The van der Waals surface area contributed by atoms with E-state index in [9.17, 15) is 9.90 Å². The second kappa shape index (κ2) is 21.6. The summed E-state index contributed by atoms with van der Waals surface area (Å²) in [4.78, 5) is 10.8. The van der Waals surface area contributed by atoms with Gasteiger partial charge in [-0.3, -0.25) is 4.79 Å². The molecule has 0 radical (unpaired) electrons. The minimum atomic E-state index is -0.774. The first-order valence-electron chi connectivity index (χ1n) is 16.1.